The van der Waals surface area contributed by atoms with Gasteiger partial charge >= 0.3 is 0 Å². The number of aliphatic imine (C=N–C) groups is 1. The summed E-state index contributed by atoms with van der Waals surface area (Å²) < 4.78 is 5.04. The van der Waals surface area contributed by atoms with Crippen LogP contribution < -0.4 is 11.1 Å². The Morgan fingerprint density at radius 3 is 2.83 bits per heavy atom. The van der Waals surface area contributed by atoms with Gasteiger partial charge in [0.1, 0.15) is 0 Å². The summed E-state index contributed by atoms with van der Waals surface area (Å²) in [5.41, 5.74) is 5.82. The van der Waals surface area contributed by atoms with Crippen LogP contribution in [0.1, 0.15) is 26.2 Å². The third-order valence-electron chi connectivity index (χ3n) is 3.79. The Balaban J connectivity index is 0.00000484. The molecule has 1 heterocycles. The van der Waals surface area contributed by atoms with Crippen molar-refractivity contribution >= 4 is 35.8 Å². The smallest absolute Gasteiger partial charge is 0.239 e. The lowest BCUT2D eigenvalue weighted by Gasteiger charge is -2.25. The highest BCUT2D eigenvalue weighted by atomic mass is 127. The lowest BCUT2D eigenvalue weighted by Crippen LogP contribution is -2.43. The second-order valence-corrected chi connectivity index (χ2v) is 6.05. The molecule has 0 spiro atoms. The Bertz CT molecular complexity index is 379. The first kappa shape index (κ1) is 22.4. The predicted octanol–water partition coefficient (Wildman–Crippen LogP) is 0.486. The van der Waals surface area contributed by atoms with Crippen molar-refractivity contribution in [2.45, 2.75) is 38.3 Å². The SMILES string of the molecule is COCC(C)NC(N)=NCCCN1CCCC1C(=O)N(C)C.I. The van der Waals surface area contributed by atoms with E-state index >= 15 is 0 Å². The molecule has 23 heavy (non-hydrogen) atoms. The van der Waals surface area contributed by atoms with E-state index in [9.17, 15) is 4.79 Å². The van der Waals surface area contributed by atoms with Gasteiger partial charge in [0.25, 0.3) is 0 Å². The molecule has 1 amide bonds. The van der Waals surface area contributed by atoms with E-state index in [4.69, 9.17) is 10.5 Å². The Morgan fingerprint density at radius 1 is 1.52 bits per heavy atom. The standard InChI is InChI=1S/C15H31N5O2.HI/c1-12(11-22-4)18-15(16)17-8-6-10-20-9-5-7-13(20)14(21)19(2)3;/h12-13H,5-11H2,1-4H3,(H3,16,17,18);1H. The Morgan fingerprint density at radius 2 is 2.22 bits per heavy atom. The number of likely N-dealkylation sites (tertiary alicyclic amines) is 1. The minimum absolute atomic E-state index is 0. The van der Waals surface area contributed by atoms with Crippen LogP contribution in [0.2, 0.25) is 0 Å². The van der Waals surface area contributed by atoms with Crippen molar-refractivity contribution in [3.05, 3.63) is 0 Å². The molecule has 3 N–H and O–H groups in total. The van der Waals surface area contributed by atoms with Crippen molar-refractivity contribution in [3.63, 3.8) is 0 Å². The number of hydrogen-bond acceptors (Lipinski definition) is 4. The topological polar surface area (TPSA) is 83.2 Å². The summed E-state index contributed by atoms with van der Waals surface area (Å²) in [7, 11) is 5.29. The number of carbonyl (C=O) groups is 1. The first-order valence-corrected chi connectivity index (χ1v) is 7.96. The van der Waals surface area contributed by atoms with E-state index in [2.05, 4.69) is 15.2 Å². The van der Waals surface area contributed by atoms with Crippen LogP contribution in [0.3, 0.4) is 0 Å². The molecule has 8 heteroatoms. The van der Waals surface area contributed by atoms with Crippen molar-refractivity contribution in [1.29, 1.82) is 0 Å². The fraction of sp³-hybridized carbons (Fsp3) is 0.867. The summed E-state index contributed by atoms with van der Waals surface area (Å²) in [6.07, 6.45) is 2.95. The van der Waals surface area contributed by atoms with Gasteiger partial charge in [-0.25, -0.2) is 0 Å². The first-order chi connectivity index (χ1) is 10.5. The van der Waals surface area contributed by atoms with Crippen molar-refractivity contribution in [2.75, 3.05) is 47.4 Å². The maximum Gasteiger partial charge on any atom is 0.239 e. The van der Waals surface area contributed by atoms with Gasteiger partial charge in [-0.1, -0.05) is 0 Å². The fourth-order valence-corrected chi connectivity index (χ4v) is 2.73. The molecule has 0 aliphatic carbocycles. The highest BCUT2D eigenvalue weighted by Gasteiger charge is 2.30. The van der Waals surface area contributed by atoms with Gasteiger partial charge < -0.3 is 20.7 Å². The average molecular weight is 441 g/mol. The van der Waals surface area contributed by atoms with Crippen LogP contribution in [0, 0.1) is 0 Å². The molecule has 1 fully saturated rings. The number of guanidine groups is 1. The molecule has 2 unspecified atom stereocenters. The minimum Gasteiger partial charge on any atom is -0.383 e. The van der Waals surface area contributed by atoms with Gasteiger partial charge in [-0.2, -0.15) is 0 Å². The van der Waals surface area contributed by atoms with E-state index in [0.29, 0.717) is 19.1 Å². The van der Waals surface area contributed by atoms with Crippen molar-refractivity contribution < 1.29 is 9.53 Å². The Hall–Kier alpha value is -0.610. The van der Waals surface area contributed by atoms with Crippen molar-refractivity contribution in [1.82, 2.24) is 15.1 Å². The van der Waals surface area contributed by atoms with E-state index in [1.807, 2.05) is 21.0 Å². The van der Waals surface area contributed by atoms with Crippen LogP contribution in [0.15, 0.2) is 4.99 Å². The van der Waals surface area contributed by atoms with Crippen molar-refractivity contribution in [2.24, 2.45) is 10.7 Å². The summed E-state index contributed by atoms with van der Waals surface area (Å²) >= 11 is 0. The molecule has 136 valence electrons. The Labute approximate surface area is 157 Å². The van der Waals surface area contributed by atoms with Gasteiger partial charge in [-0.05, 0) is 32.7 Å². The van der Waals surface area contributed by atoms with Gasteiger partial charge in [0.15, 0.2) is 5.96 Å². The molecular weight excluding hydrogens is 409 g/mol. The molecular formula is C15H32IN5O2. The third-order valence-corrected chi connectivity index (χ3v) is 3.79. The number of amides is 1. The molecule has 1 rings (SSSR count). The number of nitrogens with zero attached hydrogens (tertiary/aromatic N) is 3. The molecule has 7 nitrogen and oxygen atoms in total. The zero-order valence-electron chi connectivity index (χ0n) is 14.7. The third kappa shape index (κ3) is 8.16. The highest BCUT2D eigenvalue weighted by Crippen LogP contribution is 2.18. The molecule has 2 atom stereocenters. The lowest BCUT2D eigenvalue weighted by atomic mass is 10.2. The quantitative estimate of drug-likeness (QED) is 0.248. The van der Waals surface area contributed by atoms with Crippen LogP contribution in [-0.2, 0) is 9.53 Å². The van der Waals surface area contributed by atoms with Crippen LogP contribution in [0.5, 0.6) is 0 Å². The van der Waals surface area contributed by atoms with Gasteiger partial charge in [0.2, 0.25) is 5.91 Å². The summed E-state index contributed by atoms with van der Waals surface area (Å²) in [6, 6.07) is 0.186. The van der Waals surface area contributed by atoms with Gasteiger partial charge in [-0.15, -0.1) is 24.0 Å². The number of nitrogens with two attached hydrogens (primary N) is 1. The van der Waals surface area contributed by atoms with Gasteiger partial charge in [0, 0.05) is 40.3 Å². The Kier molecular flexibility index (Phi) is 11.5. The lowest BCUT2D eigenvalue weighted by molar-refractivity contribution is -0.133. The first-order valence-electron chi connectivity index (χ1n) is 7.96. The summed E-state index contributed by atoms with van der Waals surface area (Å²) in [6.45, 7) is 5.13. The normalized spacial score (nSPS) is 20.0. The van der Waals surface area contributed by atoms with Gasteiger partial charge in [-0.3, -0.25) is 14.7 Å². The molecule has 0 aromatic rings. The number of likely N-dealkylation sites (N-methyl/N-ethyl adjacent to an activating group) is 1. The number of methoxy groups -OCH3 is 1. The second kappa shape index (κ2) is 11.9. The number of carbonyl (C=O) groups excluding carboxylic acids is 1. The van der Waals surface area contributed by atoms with Crippen molar-refractivity contribution in [3.8, 4) is 0 Å². The average Bonchev–Trinajstić information content (AvgIpc) is 2.91. The monoisotopic (exact) mass is 441 g/mol. The minimum atomic E-state index is 0. The van der Waals surface area contributed by atoms with E-state index in [1.54, 1.807) is 12.0 Å². The molecule has 0 aromatic heterocycles. The summed E-state index contributed by atoms with van der Waals surface area (Å²) in [5, 5.41) is 3.08. The summed E-state index contributed by atoms with van der Waals surface area (Å²) in [4.78, 5) is 20.4. The largest absolute Gasteiger partial charge is 0.383 e. The fourth-order valence-electron chi connectivity index (χ4n) is 2.73. The number of hydrogen-bond donors (Lipinski definition) is 2. The second-order valence-electron chi connectivity index (χ2n) is 6.05. The molecule has 0 radical (unpaired) electrons. The van der Waals surface area contributed by atoms with E-state index in [0.717, 1.165) is 32.4 Å². The number of rotatable bonds is 8. The predicted molar refractivity (Wildman–Crippen MR) is 104 cm³/mol. The van der Waals surface area contributed by atoms with Crippen LogP contribution in [0.4, 0.5) is 0 Å². The molecule has 0 aromatic carbocycles. The summed E-state index contributed by atoms with van der Waals surface area (Å²) in [5.74, 6) is 0.655. The maximum atomic E-state index is 12.1. The zero-order valence-corrected chi connectivity index (χ0v) is 17.1. The van der Waals surface area contributed by atoms with E-state index in [1.165, 1.54) is 0 Å². The van der Waals surface area contributed by atoms with Crippen LogP contribution >= 0.6 is 24.0 Å². The van der Waals surface area contributed by atoms with E-state index in [-0.39, 0.29) is 42.0 Å². The number of ether oxygens (including phenoxy) is 1. The van der Waals surface area contributed by atoms with Crippen LogP contribution in [0.25, 0.3) is 0 Å². The zero-order chi connectivity index (χ0) is 16.5. The molecule has 0 saturated carbocycles. The maximum absolute atomic E-state index is 12.1. The van der Waals surface area contributed by atoms with E-state index < -0.39 is 0 Å². The molecule has 1 aliphatic rings. The van der Waals surface area contributed by atoms with Crippen LogP contribution in [-0.4, -0.2) is 81.2 Å². The van der Waals surface area contributed by atoms with Gasteiger partial charge in [0.05, 0.1) is 12.6 Å². The molecule has 0 bridgehead atoms. The number of halogens is 1. The molecule has 1 saturated heterocycles. The number of nitrogens with one attached hydrogen (secondary N) is 1. The highest BCUT2D eigenvalue weighted by molar-refractivity contribution is 14.0. The molecule has 1 aliphatic heterocycles.